The van der Waals surface area contributed by atoms with Crippen molar-refractivity contribution in [1.82, 2.24) is 4.90 Å². The summed E-state index contributed by atoms with van der Waals surface area (Å²) in [5.41, 5.74) is 0.832. The molecule has 0 aliphatic carbocycles. The van der Waals surface area contributed by atoms with Gasteiger partial charge < -0.3 is 4.74 Å². The first kappa shape index (κ1) is 12.5. The van der Waals surface area contributed by atoms with Crippen LogP contribution in [-0.2, 0) is 6.54 Å². The van der Waals surface area contributed by atoms with Gasteiger partial charge in [0.15, 0.2) is 11.6 Å². The van der Waals surface area contributed by atoms with Crippen LogP contribution in [0.5, 0.6) is 5.75 Å². The minimum atomic E-state index is -0.357. The SMILES string of the molecule is CCOc1ccc(CN(C)CC#N)cc1F. The zero-order valence-corrected chi connectivity index (χ0v) is 9.53. The highest BCUT2D eigenvalue weighted by atomic mass is 19.1. The molecule has 1 aromatic carbocycles. The lowest BCUT2D eigenvalue weighted by Crippen LogP contribution is -2.17. The number of nitrogens with zero attached hydrogens (tertiary/aromatic N) is 2. The minimum absolute atomic E-state index is 0.272. The maximum atomic E-state index is 13.5. The van der Waals surface area contributed by atoms with Crippen molar-refractivity contribution in [2.24, 2.45) is 0 Å². The number of benzene rings is 1. The van der Waals surface area contributed by atoms with Crippen molar-refractivity contribution < 1.29 is 9.13 Å². The van der Waals surface area contributed by atoms with Gasteiger partial charge in [-0.3, -0.25) is 4.90 Å². The number of rotatable bonds is 5. The summed E-state index contributed by atoms with van der Waals surface area (Å²) in [4.78, 5) is 1.81. The Labute approximate surface area is 95.1 Å². The van der Waals surface area contributed by atoms with Crippen LogP contribution in [0.3, 0.4) is 0 Å². The maximum Gasteiger partial charge on any atom is 0.165 e. The summed E-state index contributed by atoms with van der Waals surface area (Å²) in [6, 6.07) is 6.91. The van der Waals surface area contributed by atoms with E-state index in [1.54, 1.807) is 6.07 Å². The van der Waals surface area contributed by atoms with E-state index in [2.05, 4.69) is 0 Å². The van der Waals surface area contributed by atoms with Gasteiger partial charge in [-0.2, -0.15) is 5.26 Å². The van der Waals surface area contributed by atoms with Crippen LogP contribution in [0.15, 0.2) is 18.2 Å². The second-order valence-corrected chi connectivity index (χ2v) is 3.53. The number of hydrogen-bond donors (Lipinski definition) is 0. The minimum Gasteiger partial charge on any atom is -0.491 e. The van der Waals surface area contributed by atoms with Crippen LogP contribution in [0.4, 0.5) is 4.39 Å². The van der Waals surface area contributed by atoms with Gasteiger partial charge in [0.2, 0.25) is 0 Å². The van der Waals surface area contributed by atoms with Gasteiger partial charge in [0, 0.05) is 6.54 Å². The number of halogens is 1. The maximum absolute atomic E-state index is 13.5. The lowest BCUT2D eigenvalue weighted by Gasteiger charge is -2.13. The molecule has 4 heteroatoms. The molecule has 0 atom stereocenters. The third kappa shape index (κ3) is 3.52. The lowest BCUT2D eigenvalue weighted by molar-refractivity contribution is 0.320. The molecule has 0 radical (unpaired) electrons. The second kappa shape index (κ2) is 6.09. The van der Waals surface area contributed by atoms with Crippen molar-refractivity contribution >= 4 is 0 Å². The molecule has 0 N–H and O–H groups in total. The van der Waals surface area contributed by atoms with Crippen molar-refractivity contribution in [3.05, 3.63) is 29.6 Å². The zero-order chi connectivity index (χ0) is 12.0. The first-order valence-corrected chi connectivity index (χ1v) is 5.14. The molecule has 86 valence electrons. The third-order valence-electron chi connectivity index (χ3n) is 2.09. The fourth-order valence-corrected chi connectivity index (χ4v) is 1.40. The summed E-state index contributed by atoms with van der Waals surface area (Å²) in [7, 11) is 1.82. The second-order valence-electron chi connectivity index (χ2n) is 3.53. The van der Waals surface area contributed by atoms with Crippen molar-refractivity contribution in [3.8, 4) is 11.8 Å². The topological polar surface area (TPSA) is 36.3 Å². The molecular weight excluding hydrogens is 207 g/mol. The molecular formula is C12H15FN2O. The molecule has 16 heavy (non-hydrogen) atoms. The molecule has 0 amide bonds. The molecule has 0 saturated heterocycles. The summed E-state index contributed by atoms with van der Waals surface area (Å²) < 4.78 is 18.6. The van der Waals surface area contributed by atoms with Gasteiger partial charge in [-0.25, -0.2) is 4.39 Å². The molecule has 1 aromatic rings. The molecule has 0 heterocycles. The van der Waals surface area contributed by atoms with Crippen LogP contribution in [0.1, 0.15) is 12.5 Å². The van der Waals surface area contributed by atoms with Gasteiger partial charge in [-0.15, -0.1) is 0 Å². The van der Waals surface area contributed by atoms with E-state index in [0.717, 1.165) is 5.56 Å². The molecule has 0 aromatic heterocycles. The van der Waals surface area contributed by atoms with Crippen molar-refractivity contribution in [2.75, 3.05) is 20.2 Å². The van der Waals surface area contributed by atoms with Crippen molar-refractivity contribution in [1.29, 1.82) is 5.26 Å². The molecule has 1 rings (SSSR count). The fraction of sp³-hybridized carbons (Fsp3) is 0.417. The summed E-state index contributed by atoms with van der Waals surface area (Å²) >= 11 is 0. The Kier molecular flexibility index (Phi) is 4.74. The van der Waals surface area contributed by atoms with E-state index in [-0.39, 0.29) is 11.6 Å². The third-order valence-corrected chi connectivity index (χ3v) is 2.09. The van der Waals surface area contributed by atoms with Gasteiger partial charge in [-0.1, -0.05) is 6.07 Å². The van der Waals surface area contributed by atoms with Gasteiger partial charge in [0.05, 0.1) is 19.2 Å². The van der Waals surface area contributed by atoms with Crippen LogP contribution < -0.4 is 4.74 Å². The number of nitriles is 1. The van der Waals surface area contributed by atoms with Crippen LogP contribution in [0.2, 0.25) is 0 Å². The number of hydrogen-bond acceptors (Lipinski definition) is 3. The van der Waals surface area contributed by atoms with E-state index in [9.17, 15) is 4.39 Å². The Morgan fingerprint density at radius 3 is 2.81 bits per heavy atom. The normalized spacial score (nSPS) is 10.2. The highest BCUT2D eigenvalue weighted by Crippen LogP contribution is 2.18. The quantitative estimate of drug-likeness (QED) is 0.716. The zero-order valence-electron chi connectivity index (χ0n) is 9.53. The van der Waals surface area contributed by atoms with Crippen LogP contribution >= 0.6 is 0 Å². The monoisotopic (exact) mass is 222 g/mol. The van der Waals surface area contributed by atoms with Gasteiger partial charge in [0.25, 0.3) is 0 Å². The van der Waals surface area contributed by atoms with E-state index in [1.807, 2.05) is 31.0 Å². The van der Waals surface area contributed by atoms with Crippen LogP contribution in [-0.4, -0.2) is 25.1 Å². The summed E-state index contributed by atoms with van der Waals surface area (Å²) in [6.07, 6.45) is 0. The Morgan fingerprint density at radius 2 is 2.25 bits per heavy atom. The molecule has 0 spiro atoms. The Hall–Kier alpha value is -1.60. The van der Waals surface area contributed by atoms with Crippen molar-refractivity contribution in [3.63, 3.8) is 0 Å². The highest BCUT2D eigenvalue weighted by Gasteiger charge is 2.05. The highest BCUT2D eigenvalue weighted by molar-refractivity contribution is 5.29. The number of ether oxygens (including phenoxy) is 1. The van der Waals surface area contributed by atoms with Crippen molar-refractivity contribution in [2.45, 2.75) is 13.5 Å². The molecule has 0 aliphatic heterocycles. The van der Waals surface area contributed by atoms with E-state index in [4.69, 9.17) is 10.00 Å². The molecule has 0 aliphatic rings. The predicted molar refractivity (Wildman–Crippen MR) is 59.5 cm³/mol. The van der Waals surface area contributed by atoms with Gasteiger partial charge in [0.1, 0.15) is 0 Å². The van der Waals surface area contributed by atoms with E-state index >= 15 is 0 Å². The van der Waals surface area contributed by atoms with Crippen LogP contribution in [0.25, 0.3) is 0 Å². The molecule has 0 fully saturated rings. The Bertz CT molecular complexity index is 387. The molecule has 3 nitrogen and oxygen atoms in total. The molecule has 0 unspecified atom stereocenters. The lowest BCUT2D eigenvalue weighted by atomic mass is 10.2. The Balaban J connectivity index is 2.70. The summed E-state index contributed by atoms with van der Waals surface area (Å²) in [6.45, 7) is 3.14. The Morgan fingerprint density at radius 1 is 1.50 bits per heavy atom. The van der Waals surface area contributed by atoms with Gasteiger partial charge in [-0.05, 0) is 31.7 Å². The molecule has 0 saturated carbocycles. The largest absolute Gasteiger partial charge is 0.491 e. The first-order valence-electron chi connectivity index (χ1n) is 5.14. The van der Waals surface area contributed by atoms with Gasteiger partial charge >= 0.3 is 0 Å². The van der Waals surface area contributed by atoms with E-state index < -0.39 is 0 Å². The first-order chi connectivity index (χ1) is 7.67. The summed E-state index contributed by atoms with van der Waals surface area (Å²) in [5, 5.41) is 8.50. The fourth-order valence-electron chi connectivity index (χ4n) is 1.40. The predicted octanol–water partition coefficient (Wildman–Crippen LogP) is 2.18. The molecule has 0 bridgehead atoms. The summed E-state index contributed by atoms with van der Waals surface area (Å²) in [5.74, 6) is -0.0844. The van der Waals surface area contributed by atoms with E-state index in [1.165, 1.54) is 6.07 Å². The van der Waals surface area contributed by atoms with E-state index in [0.29, 0.717) is 19.7 Å². The standard InChI is InChI=1S/C12H15FN2O/c1-3-16-12-5-4-10(8-11(12)13)9-15(2)7-6-14/h4-5,8H,3,7,9H2,1-2H3. The average molecular weight is 222 g/mol. The smallest absolute Gasteiger partial charge is 0.165 e. The average Bonchev–Trinajstić information content (AvgIpc) is 2.22. The van der Waals surface area contributed by atoms with Crippen LogP contribution in [0, 0.1) is 17.1 Å².